The maximum absolute atomic E-state index is 13.7. The lowest BCUT2D eigenvalue weighted by atomic mass is 9.42. The molecule has 10 heteroatoms. The largest absolute Gasteiger partial charge is 0.378 e. The molecule has 4 aliphatic rings. The summed E-state index contributed by atoms with van der Waals surface area (Å²) in [5, 5.41) is 6.48. The number of carbonyl (C=O) groups excluding carboxylic acids is 1. The lowest BCUT2D eigenvalue weighted by Gasteiger charge is -2.66. The van der Waals surface area contributed by atoms with Crippen LogP contribution in [-0.2, 0) is 17.8 Å². The number of nitrogens with zero attached hydrogens (tertiary/aromatic N) is 5. The molecule has 2 N–H and O–H groups in total. The molecule has 1 amide bonds. The van der Waals surface area contributed by atoms with E-state index in [4.69, 9.17) is 4.74 Å². The Hall–Kier alpha value is -3.37. The van der Waals surface area contributed by atoms with Crippen molar-refractivity contribution in [3.8, 4) is 0 Å². The molecule has 0 atom stereocenters. The average Bonchev–Trinajstić information content (AvgIpc) is 3.28. The summed E-state index contributed by atoms with van der Waals surface area (Å²) in [6.07, 6.45) is 11.2. The van der Waals surface area contributed by atoms with E-state index in [9.17, 15) is 9.18 Å². The van der Waals surface area contributed by atoms with Crippen LogP contribution in [0.1, 0.15) is 46.4 Å². The number of nitrogens with one attached hydrogen (secondary N) is 2. The number of rotatable bonds is 9. The number of halogens is 1. The van der Waals surface area contributed by atoms with Crippen LogP contribution in [-0.4, -0.2) is 72.1 Å². The second-order valence-corrected chi connectivity index (χ2v) is 10.6. The summed E-state index contributed by atoms with van der Waals surface area (Å²) in [6.45, 7) is 4.67. The van der Waals surface area contributed by atoms with Crippen LogP contribution in [0.5, 0.6) is 0 Å². The number of hydrogen-bond donors (Lipinski definition) is 2. The Labute approximate surface area is 215 Å². The number of imidazole rings is 1. The first-order valence-corrected chi connectivity index (χ1v) is 12.8. The molecular formula is C27H32FN7O2. The van der Waals surface area contributed by atoms with Gasteiger partial charge in [0.2, 0.25) is 0 Å². The van der Waals surface area contributed by atoms with Gasteiger partial charge in [-0.2, -0.15) is 0 Å². The highest BCUT2D eigenvalue weighted by atomic mass is 19.1. The van der Waals surface area contributed by atoms with E-state index in [0.29, 0.717) is 44.6 Å². The van der Waals surface area contributed by atoms with Gasteiger partial charge in [0.1, 0.15) is 11.3 Å². The smallest absolute Gasteiger partial charge is 0.253 e. The van der Waals surface area contributed by atoms with Gasteiger partial charge in [0.05, 0.1) is 42.9 Å². The third-order valence-corrected chi connectivity index (χ3v) is 7.72. The Bertz CT molecular complexity index is 1330. The van der Waals surface area contributed by atoms with Gasteiger partial charge in [-0.1, -0.05) is 6.07 Å². The standard InChI is InChI=1S/C27H32FN7O2/c1-29-10-21-22(11-30-12-23(21)34-4-6-37-7-5-34)25(36)32-9-20-14-35-13-19(2-3-24(35)33-20)8-31-18-26-15-27(28,16-26)17-26/h2-3,10-14,31H,4-9,15-18H2,1H3,(H,32,36). The number of pyridine rings is 2. The van der Waals surface area contributed by atoms with E-state index in [0.717, 1.165) is 54.3 Å². The number of aromatic nitrogens is 3. The molecule has 3 aliphatic carbocycles. The van der Waals surface area contributed by atoms with Gasteiger partial charge >= 0.3 is 0 Å². The molecule has 3 saturated carbocycles. The Morgan fingerprint density at radius 3 is 2.76 bits per heavy atom. The van der Waals surface area contributed by atoms with Crippen LogP contribution in [0, 0.1) is 5.41 Å². The number of morpholine rings is 1. The number of ether oxygens (including phenoxy) is 1. The first kappa shape index (κ1) is 24.0. The number of fused-ring (bicyclic) bond motifs is 1. The molecule has 4 heterocycles. The molecule has 3 aromatic heterocycles. The van der Waals surface area contributed by atoms with Crippen molar-refractivity contribution in [2.45, 2.75) is 38.0 Å². The number of aliphatic imine (C=N–C) groups is 1. The molecule has 0 spiro atoms. The molecule has 0 radical (unpaired) electrons. The van der Waals surface area contributed by atoms with E-state index in [1.807, 2.05) is 22.9 Å². The minimum atomic E-state index is -0.851. The summed E-state index contributed by atoms with van der Waals surface area (Å²) in [7, 11) is 1.69. The van der Waals surface area contributed by atoms with E-state index < -0.39 is 5.67 Å². The van der Waals surface area contributed by atoms with Crippen LogP contribution in [0.4, 0.5) is 10.1 Å². The molecule has 4 fully saturated rings. The van der Waals surface area contributed by atoms with Gasteiger partial charge in [0.15, 0.2) is 0 Å². The van der Waals surface area contributed by atoms with Crippen molar-refractivity contribution in [1.29, 1.82) is 0 Å². The summed E-state index contributed by atoms with van der Waals surface area (Å²) >= 11 is 0. The van der Waals surface area contributed by atoms with Crippen LogP contribution in [0.25, 0.3) is 5.65 Å². The lowest BCUT2D eigenvalue weighted by Crippen LogP contribution is -2.67. The molecule has 3 aromatic rings. The van der Waals surface area contributed by atoms with Crippen molar-refractivity contribution < 1.29 is 13.9 Å². The van der Waals surface area contributed by atoms with Gasteiger partial charge in [-0.05, 0) is 36.3 Å². The van der Waals surface area contributed by atoms with E-state index in [1.54, 1.807) is 25.7 Å². The lowest BCUT2D eigenvalue weighted by molar-refractivity contribution is -0.209. The molecule has 2 bridgehead atoms. The van der Waals surface area contributed by atoms with Crippen molar-refractivity contribution in [3.05, 3.63) is 59.3 Å². The zero-order chi connectivity index (χ0) is 25.5. The number of alkyl halides is 1. The zero-order valence-corrected chi connectivity index (χ0v) is 21.0. The van der Waals surface area contributed by atoms with E-state index in [-0.39, 0.29) is 11.3 Å². The maximum atomic E-state index is 13.7. The summed E-state index contributed by atoms with van der Waals surface area (Å²) in [4.78, 5) is 28.5. The van der Waals surface area contributed by atoms with Gasteiger partial charge in [-0.25, -0.2) is 9.37 Å². The van der Waals surface area contributed by atoms with Crippen molar-refractivity contribution in [3.63, 3.8) is 0 Å². The molecule has 7 rings (SSSR count). The van der Waals surface area contributed by atoms with Crippen LogP contribution in [0.15, 0.2) is 41.9 Å². The topological polar surface area (TPSA) is 96.2 Å². The predicted molar refractivity (Wildman–Crippen MR) is 139 cm³/mol. The number of amides is 1. The third kappa shape index (κ3) is 4.71. The monoisotopic (exact) mass is 505 g/mol. The van der Waals surface area contributed by atoms with Crippen molar-refractivity contribution >= 4 is 23.5 Å². The number of anilines is 1. The van der Waals surface area contributed by atoms with Gasteiger partial charge < -0.3 is 24.7 Å². The van der Waals surface area contributed by atoms with Crippen molar-refractivity contribution in [2.75, 3.05) is 44.8 Å². The molecule has 0 aromatic carbocycles. The highest BCUT2D eigenvalue weighted by molar-refractivity contribution is 6.05. The van der Waals surface area contributed by atoms with Gasteiger partial charge in [0.25, 0.3) is 5.91 Å². The molecule has 9 nitrogen and oxygen atoms in total. The van der Waals surface area contributed by atoms with E-state index in [1.165, 1.54) is 0 Å². The molecule has 0 unspecified atom stereocenters. The van der Waals surface area contributed by atoms with Crippen LogP contribution in [0.2, 0.25) is 0 Å². The van der Waals surface area contributed by atoms with Crippen LogP contribution < -0.4 is 15.5 Å². The van der Waals surface area contributed by atoms with Gasteiger partial charge in [-0.3, -0.25) is 14.8 Å². The summed E-state index contributed by atoms with van der Waals surface area (Å²) in [6, 6.07) is 4.03. The first-order valence-electron chi connectivity index (χ1n) is 12.8. The Morgan fingerprint density at radius 1 is 1.19 bits per heavy atom. The molecule has 194 valence electrons. The van der Waals surface area contributed by atoms with Gasteiger partial charge in [-0.15, -0.1) is 0 Å². The zero-order valence-electron chi connectivity index (χ0n) is 21.0. The fourth-order valence-corrected chi connectivity index (χ4v) is 6.03. The van der Waals surface area contributed by atoms with Crippen LogP contribution >= 0.6 is 0 Å². The summed E-state index contributed by atoms with van der Waals surface area (Å²) in [5.74, 6) is -0.219. The van der Waals surface area contributed by atoms with Gasteiger partial charge in [0, 0.05) is 63.6 Å². The maximum Gasteiger partial charge on any atom is 0.253 e. The molecule has 1 aliphatic heterocycles. The SMILES string of the molecule is CN=Cc1c(C(=O)NCc2cn3cc(CNCC45CC(F)(C4)C5)ccc3n2)cncc1N1CCOCC1. The van der Waals surface area contributed by atoms with Crippen LogP contribution in [0.3, 0.4) is 0 Å². The summed E-state index contributed by atoms with van der Waals surface area (Å²) in [5.41, 5.74) is 4.18. The third-order valence-electron chi connectivity index (χ3n) is 7.72. The fraction of sp³-hybridized carbons (Fsp3) is 0.481. The quantitative estimate of drug-likeness (QED) is 0.434. The van der Waals surface area contributed by atoms with E-state index in [2.05, 4.69) is 36.6 Å². The normalized spacial score (nSPS) is 24.8. The second kappa shape index (κ2) is 9.50. The van der Waals surface area contributed by atoms with Crippen molar-refractivity contribution in [1.82, 2.24) is 25.0 Å². The second-order valence-electron chi connectivity index (χ2n) is 10.6. The predicted octanol–water partition coefficient (Wildman–Crippen LogP) is 2.53. The highest BCUT2D eigenvalue weighted by Crippen LogP contribution is 2.69. The Balaban J connectivity index is 1.09. The number of carbonyl (C=O) groups is 1. The van der Waals surface area contributed by atoms with E-state index >= 15 is 0 Å². The Kier molecular flexibility index (Phi) is 6.16. The average molecular weight is 506 g/mol. The highest BCUT2D eigenvalue weighted by Gasteiger charge is 2.68. The number of hydrogen-bond acceptors (Lipinski definition) is 7. The first-order chi connectivity index (χ1) is 18.0. The summed E-state index contributed by atoms with van der Waals surface area (Å²) < 4.78 is 21.2. The van der Waals surface area contributed by atoms with Crippen molar-refractivity contribution in [2.24, 2.45) is 10.4 Å². The fourth-order valence-electron chi connectivity index (χ4n) is 6.03. The molecule has 37 heavy (non-hydrogen) atoms. The molecule has 1 saturated heterocycles. The minimum absolute atomic E-state index is 0.194. The Morgan fingerprint density at radius 2 is 2.00 bits per heavy atom. The minimum Gasteiger partial charge on any atom is -0.378 e. The molecular weight excluding hydrogens is 473 g/mol.